The summed E-state index contributed by atoms with van der Waals surface area (Å²) in [5.74, 6) is 1.08. The van der Waals surface area contributed by atoms with Crippen molar-refractivity contribution in [3.8, 4) is 0 Å². The number of fused-ring (bicyclic) bond motifs is 1. The molecule has 3 aromatic rings. The van der Waals surface area contributed by atoms with Gasteiger partial charge in [-0.3, -0.25) is 4.90 Å². The summed E-state index contributed by atoms with van der Waals surface area (Å²) in [6, 6.07) is 16.5. The molecular weight excluding hydrogens is 334 g/mol. The van der Waals surface area contributed by atoms with Gasteiger partial charge in [0.05, 0.1) is 30.3 Å². The molecule has 4 rings (SSSR count). The van der Waals surface area contributed by atoms with Crippen molar-refractivity contribution in [2.45, 2.75) is 26.1 Å². The minimum absolute atomic E-state index is 0.273. The van der Waals surface area contributed by atoms with Crippen molar-refractivity contribution in [1.82, 2.24) is 14.5 Å². The Labute approximate surface area is 153 Å². The molecule has 2 heterocycles. The van der Waals surface area contributed by atoms with Gasteiger partial charge in [-0.1, -0.05) is 41.9 Å². The summed E-state index contributed by atoms with van der Waals surface area (Å²) >= 11 is 6.18. The highest BCUT2D eigenvalue weighted by Crippen LogP contribution is 2.23. The SMILES string of the molecule is CC1CN(Cc2nc3cc(Cl)ccc3n2Cc2ccccc2)CCO1. The van der Waals surface area contributed by atoms with Crippen LogP contribution < -0.4 is 0 Å². The van der Waals surface area contributed by atoms with E-state index in [9.17, 15) is 0 Å². The third-order valence-corrected chi connectivity index (χ3v) is 4.90. The summed E-state index contributed by atoms with van der Waals surface area (Å²) in [6.07, 6.45) is 0.273. The lowest BCUT2D eigenvalue weighted by molar-refractivity contribution is -0.0222. The number of hydrogen-bond donors (Lipinski definition) is 0. The number of morpholine rings is 1. The number of aromatic nitrogens is 2. The van der Waals surface area contributed by atoms with Crippen LogP contribution in [-0.4, -0.2) is 40.3 Å². The van der Waals surface area contributed by atoms with Crippen LogP contribution in [0.2, 0.25) is 5.02 Å². The Morgan fingerprint density at radius 3 is 2.80 bits per heavy atom. The first-order valence-electron chi connectivity index (χ1n) is 8.71. The van der Waals surface area contributed by atoms with Crippen LogP contribution in [0.4, 0.5) is 0 Å². The molecule has 5 heteroatoms. The molecule has 0 aliphatic carbocycles. The van der Waals surface area contributed by atoms with Crippen molar-refractivity contribution in [2.75, 3.05) is 19.7 Å². The molecule has 1 aromatic heterocycles. The van der Waals surface area contributed by atoms with E-state index in [-0.39, 0.29) is 6.10 Å². The molecule has 1 saturated heterocycles. The third kappa shape index (κ3) is 3.71. The van der Waals surface area contributed by atoms with E-state index in [0.717, 1.165) is 54.7 Å². The van der Waals surface area contributed by atoms with Gasteiger partial charge in [0.1, 0.15) is 5.82 Å². The first-order valence-corrected chi connectivity index (χ1v) is 9.09. The average Bonchev–Trinajstić information content (AvgIpc) is 2.92. The largest absolute Gasteiger partial charge is 0.376 e. The lowest BCUT2D eigenvalue weighted by Crippen LogP contribution is -2.41. The Bertz CT molecular complexity index is 862. The molecule has 0 saturated carbocycles. The van der Waals surface area contributed by atoms with Crippen molar-refractivity contribution in [3.05, 3.63) is 64.9 Å². The van der Waals surface area contributed by atoms with Crippen molar-refractivity contribution in [2.24, 2.45) is 0 Å². The maximum absolute atomic E-state index is 6.18. The number of ether oxygens (including phenoxy) is 1. The van der Waals surface area contributed by atoms with Crippen molar-refractivity contribution in [1.29, 1.82) is 0 Å². The van der Waals surface area contributed by atoms with E-state index in [4.69, 9.17) is 21.3 Å². The lowest BCUT2D eigenvalue weighted by Gasteiger charge is -2.30. The fourth-order valence-electron chi connectivity index (χ4n) is 3.45. The van der Waals surface area contributed by atoms with Crippen LogP contribution in [0, 0.1) is 0 Å². The van der Waals surface area contributed by atoms with E-state index < -0.39 is 0 Å². The minimum atomic E-state index is 0.273. The Morgan fingerprint density at radius 2 is 2.00 bits per heavy atom. The fourth-order valence-corrected chi connectivity index (χ4v) is 3.62. The van der Waals surface area contributed by atoms with Gasteiger partial charge < -0.3 is 9.30 Å². The minimum Gasteiger partial charge on any atom is -0.376 e. The second-order valence-electron chi connectivity index (χ2n) is 6.65. The first-order chi connectivity index (χ1) is 12.2. The van der Waals surface area contributed by atoms with Gasteiger partial charge >= 0.3 is 0 Å². The first kappa shape index (κ1) is 16.6. The zero-order valence-electron chi connectivity index (χ0n) is 14.4. The summed E-state index contributed by atoms with van der Waals surface area (Å²) in [6.45, 7) is 6.43. The second-order valence-corrected chi connectivity index (χ2v) is 7.09. The van der Waals surface area contributed by atoms with E-state index in [1.54, 1.807) is 0 Å². The molecule has 25 heavy (non-hydrogen) atoms. The molecule has 0 radical (unpaired) electrons. The molecular formula is C20H22ClN3O. The van der Waals surface area contributed by atoms with Crippen molar-refractivity contribution >= 4 is 22.6 Å². The molecule has 1 atom stereocenters. The molecule has 130 valence electrons. The van der Waals surface area contributed by atoms with Gasteiger partial charge in [0.2, 0.25) is 0 Å². The molecule has 1 unspecified atom stereocenters. The molecule has 0 bridgehead atoms. The summed E-state index contributed by atoms with van der Waals surface area (Å²) < 4.78 is 7.97. The van der Waals surface area contributed by atoms with Crippen molar-refractivity contribution in [3.63, 3.8) is 0 Å². The number of halogens is 1. The molecule has 1 aliphatic heterocycles. The molecule has 0 spiro atoms. The molecule has 1 fully saturated rings. The van der Waals surface area contributed by atoms with Gasteiger partial charge in [-0.25, -0.2) is 4.98 Å². The maximum atomic E-state index is 6.18. The highest BCUT2D eigenvalue weighted by Gasteiger charge is 2.20. The van der Waals surface area contributed by atoms with E-state index in [1.807, 2.05) is 18.2 Å². The Kier molecular flexibility index (Phi) is 4.75. The number of imidazole rings is 1. The standard InChI is InChI=1S/C20H22ClN3O/c1-15-12-23(9-10-25-15)14-20-22-18-11-17(21)7-8-19(18)24(20)13-16-5-3-2-4-6-16/h2-8,11,15H,9-10,12-14H2,1H3. The van der Waals surface area contributed by atoms with Gasteiger partial charge in [0, 0.05) is 24.7 Å². The smallest absolute Gasteiger partial charge is 0.124 e. The fraction of sp³-hybridized carbons (Fsp3) is 0.350. The Balaban J connectivity index is 1.70. The zero-order chi connectivity index (χ0) is 17.2. The van der Waals surface area contributed by atoms with E-state index in [2.05, 4.69) is 46.7 Å². The molecule has 1 aliphatic rings. The lowest BCUT2D eigenvalue weighted by atomic mass is 10.2. The second kappa shape index (κ2) is 7.16. The highest BCUT2D eigenvalue weighted by molar-refractivity contribution is 6.31. The summed E-state index contributed by atoms with van der Waals surface area (Å²) in [5.41, 5.74) is 3.36. The highest BCUT2D eigenvalue weighted by atomic mass is 35.5. The van der Waals surface area contributed by atoms with Crippen LogP contribution in [0.25, 0.3) is 11.0 Å². The number of benzene rings is 2. The Morgan fingerprint density at radius 1 is 1.16 bits per heavy atom. The number of hydrogen-bond acceptors (Lipinski definition) is 3. The molecule has 0 amide bonds. The van der Waals surface area contributed by atoms with E-state index in [0.29, 0.717) is 0 Å². The van der Waals surface area contributed by atoms with E-state index >= 15 is 0 Å². The monoisotopic (exact) mass is 355 g/mol. The van der Waals surface area contributed by atoms with E-state index in [1.165, 1.54) is 5.56 Å². The third-order valence-electron chi connectivity index (χ3n) is 4.66. The van der Waals surface area contributed by atoms with Crippen LogP contribution in [0.3, 0.4) is 0 Å². The van der Waals surface area contributed by atoms with Gasteiger partial charge in [0.15, 0.2) is 0 Å². The maximum Gasteiger partial charge on any atom is 0.124 e. The molecule has 4 nitrogen and oxygen atoms in total. The number of rotatable bonds is 4. The van der Waals surface area contributed by atoms with Crippen LogP contribution in [-0.2, 0) is 17.8 Å². The molecule has 2 aromatic carbocycles. The predicted molar refractivity (Wildman–Crippen MR) is 101 cm³/mol. The van der Waals surface area contributed by atoms with Crippen LogP contribution >= 0.6 is 11.6 Å². The normalized spacial score (nSPS) is 18.7. The van der Waals surface area contributed by atoms with Crippen molar-refractivity contribution < 1.29 is 4.74 Å². The van der Waals surface area contributed by atoms with Gasteiger partial charge in [-0.05, 0) is 30.7 Å². The number of nitrogens with zero attached hydrogens (tertiary/aromatic N) is 3. The molecule has 0 N–H and O–H groups in total. The quantitative estimate of drug-likeness (QED) is 0.709. The zero-order valence-corrected chi connectivity index (χ0v) is 15.1. The van der Waals surface area contributed by atoms with Gasteiger partial charge in [-0.2, -0.15) is 0 Å². The average molecular weight is 356 g/mol. The summed E-state index contributed by atoms with van der Waals surface area (Å²) in [4.78, 5) is 7.30. The van der Waals surface area contributed by atoms with Crippen LogP contribution in [0.1, 0.15) is 18.3 Å². The van der Waals surface area contributed by atoms with Gasteiger partial charge in [-0.15, -0.1) is 0 Å². The van der Waals surface area contributed by atoms with Gasteiger partial charge in [0.25, 0.3) is 0 Å². The summed E-state index contributed by atoms with van der Waals surface area (Å²) in [5, 5.41) is 0.725. The van der Waals surface area contributed by atoms with Crippen LogP contribution in [0.15, 0.2) is 48.5 Å². The topological polar surface area (TPSA) is 30.3 Å². The predicted octanol–water partition coefficient (Wildman–Crippen LogP) is 3.96. The van der Waals surface area contributed by atoms with Crippen LogP contribution in [0.5, 0.6) is 0 Å². The summed E-state index contributed by atoms with van der Waals surface area (Å²) in [7, 11) is 0. The Hall–Kier alpha value is -1.88.